The number of carboxylic acids is 1. The number of carbonyl (C=O) groups is 1. The van der Waals surface area contributed by atoms with Gasteiger partial charge in [-0.2, -0.15) is 0 Å². The third-order valence-corrected chi connectivity index (χ3v) is 4.01. The van der Waals surface area contributed by atoms with Crippen LogP contribution in [0.25, 0.3) is 0 Å². The van der Waals surface area contributed by atoms with Gasteiger partial charge in [0.2, 0.25) is 0 Å². The van der Waals surface area contributed by atoms with E-state index in [1.165, 1.54) is 0 Å². The Morgan fingerprint density at radius 1 is 1.42 bits per heavy atom. The van der Waals surface area contributed by atoms with Gasteiger partial charge in [0.25, 0.3) is 0 Å². The van der Waals surface area contributed by atoms with E-state index in [2.05, 4.69) is 5.32 Å². The topological polar surface area (TPSA) is 58.6 Å². The highest BCUT2D eigenvalue weighted by Crippen LogP contribution is 2.34. The van der Waals surface area contributed by atoms with Gasteiger partial charge in [-0.1, -0.05) is 31.0 Å². The second kappa shape index (κ2) is 5.61. The molecule has 0 heterocycles. The van der Waals surface area contributed by atoms with Crippen LogP contribution in [0.5, 0.6) is 0 Å². The number of nitrogens with one attached hydrogen (secondary N) is 1. The van der Waals surface area contributed by atoms with Crippen LogP contribution in [0.1, 0.15) is 31.2 Å². The molecule has 2 unspecified atom stereocenters. The SMILES string of the molecule is COC1CCCCC1(Nc1ccccc1C)C(=O)O. The Hall–Kier alpha value is -1.55. The first-order chi connectivity index (χ1) is 9.10. The Bertz CT molecular complexity index is 460. The van der Waals surface area contributed by atoms with E-state index in [1.807, 2.05) is 31.2 Å². The molecule has 1 fully saturated rings. The van der Waals surface area contributed by atoms with Crippen LogP contribution in [-0.2, 0) is 9.53 Å². The predicted octanol–water partition coefficient (Wildman–Crippen LogP) is 2.82. The maximum atomic E-state index is 11.8. The fourth-order valence-corrected chi connectivity index (χ4v) is 2.85. The van der Waals surface area contributed by atoms with Gasteiger partial charge in [0.05, 0.1) is 6.10 Å². The van der Waals surface area contributed by atoms with Crippen molar-refractivity contribution in [1.29, 1.82) is 0 Å². The van der Waals surface area contributed by atoms with Gasteiger partial charge < -0.3 is 15.2 Å². The van der Waals surface area contributed by atoms with Crippen LogP contribution < -0.4 is 5.32 Å². The number of anilines is 1. The van der Waals surface area contributed by atoms with Gasteiger partial charge in [0.1, 0.15) is 0 Å². The summed E-state index contributed by atoms with van der Waals surface area (Å²) < 4.78 is 5.44. The summed E-state index contributed by atoms with van der Waals surface area (Å²) in [6, 6.07) is 7.75. The van der Waals surface area contributed by atoms with Crippen molar-refractivity contribution in [2.24, 2.45) is 0 Å². The molecular formula is C15H21NO3. The third kappa shape index (κ3) is 2.59. The van der Waals surface area contributed by atoms with E-state index in [0.717, 1.165) is 30.5 Å². The first kappa shape index (κ1) is 13.9. The van der Waals surface area contributed by atoms with Gasteiger partial charge in [0, 0.05) is 12.8 Å². The number of rotatable bonds is 4. The summed E-state index contributed by atoms with van der Waals surface area (Å²) in [5, 5.41) is 12.9. The Morgan fingerprint density at radius 2 is 2.16 bits per heavy atom. The number of benzene rings is 1. The molecule has 2 rings (SSSR count). The third-order valence-electron chi connectivity index (χ3n) is 4.01. The second-order valence-electron chi connectivity index (χ2n) is 5.19. The molecule has 0 amide bonds. The van der Waals surface area contributed by atoms with Crippen molar-refractivity contribution in [2.45, 2.75) is 44.2 Å². The predicted molar refractivity (Wildman–Crippen MR) is 74.4 cm³/mol. The molecule has 0 aliphatic heterocycles. The molecule has 1 aliphatic rings. The van der Waals surface area contributed by atoms with Crippen molar-refractivity contribution in [3.05, 3.63) is 29.8 Å². The summed E-state index contributed by atoms with van der Waals surface area (Å²) >= 11 is 0. The zero-order chi connectivity index (χ0) is 13.9. The fraction of sp³-hybridized carbons (Fsp3) is 0.533. The molecule has 104 valence electrons. The van der Waals surface area contributed by atoms with E-state index in [1.54, 1.807) is 7.11 Å². The molecular weight excluding hydrogens is 242 g/mol. The lowest BCUT2D eigenvalue weighted by Crippen LogP contribution is -2.58. The summed E-state index contributed by atoms with van der Waals surface area (Å²) in [7, 11) is 1.59. The largest absolute Gasteiger partial charge is 0.479 e. The van der Waals surface area contributed by atoms with Crippen LogP contribution >= 0.6 is 0 Å². The molecule has 0 bridgehead atoms. The van der Waals surface area contributed by atoms with Crippen LogP contribution in [0.15, 0.2) is 24.3 Å². The second-order valence-corrected chi connectivity index (χ2v) is 5.19. The van der Waals surface area contributed by atoms with E-state index in [-0.39, 0.29) is 6.10 Å². The van der Waals surface area contributed by atoms with E-state index in [4.69, 9.17) is 4.74 Å². The molecule has 0 radical (unpaired) electrons. The van der Waals surface area contributed by atoms with Crippen LogP contribution in [0, 0.1) is 6.92 Å². The quantitative estimate of drug-likeness (QED) is 0.877. The molecule has 4 heteroatoms. The first-order valence-corrected chi connectivity index (χ1v) is 6.70. The van der Waals surface area contributed by atoms with Crippen molar-refractivity contribution in [3.63, 3.8) is 0 Å². The van der Waals surface area contributed by atoms with E-state index in [9.17, 15) is 9.90 Å². The lowest BCUT2D eigenvalue weighted by molar-refractivity contribution is -0.149. The van der Waals surface area contributed by atoms with Crippen molar-refractivity contribution < 1.29 is 14.6 Å². The number of aryl methyl sites for hydroxylation is 1. The molecule has 19 heavy (non-hydrogen) atoms. The number of aliphatic carboxylic acids is 1. The highest BCUT2D eigenvalue weighted by Gasteiger charge is 2.48. The standard InChI is InChI=1S/C15H21NO3/c1-11-7-3-4-8-12(11)16-15(14(17)18)10-6-5-9-13(15)19-2/h3-4,7-8,13,16H,5-6,9-10H2,1-2H3,(H,17,18). The summed E-state index contributed by atoms with van der Waals surface area (Å²) in [6.45, 7) is 1.97. The summed E-state index contributed by atoms with van der Waals surface area (Å²) in [5.74, 6) is -0.831. The Labute approximate surface area is 113 Å². The van der Waals surface area contributed by atoms with Gasteiger partial charge in [-0.05, 0) is 31.4 Å². The zero-order valence-electron chi connectivity index (χ0n) is 11.5. The smallest absolute Gasteiger partial charge is 0.332 e. The molecule has 1 saturated carbocycles. The number of ether oxygens (including phenoxy) is 1. The molecule has 0 spiro atoms. The van der Waals surface area contributed by atoms with Crippen LogP contribution in [0.4, 0.5) is 5.69 Å². The molecule has 1 aromatic carbocycles. The number of hydrogen-bond donors (Lipinski definition) is 2. The van der Waals surface area contributed by atoms with Crippen LogP contribution in [-0.4, -0.2) is 29.8 Å². The summed E-state index contributed by atoms with van der Waals surface area (Å²) in [6.07, 6.45) is 3.00. The van der Waals surface area contributed by atoms with Gasteiger partial charge in [0.15, 0.2) is 5.54 Å². The Morgan fingerprint density at radius 3 is 2.79 bits per heavy atom. The average molecular weight is 263 g/mol. The maximum absolute atomic E-state index is 11.8. The monoisotopic (exact) mass is 263 g/mol. The lowest BCUT2D eigenvalue weighted by atomic mass is 9.78. The number of para-hydroxylation sites is 1. The Kier molecular flexibility index (Phi) is 4.10. The number of hydrogen-bond acceptors (Lipinski definition) is 3. The molecule has 4 nitrogen and oxygen atoms in total. The van der Waals surface area contributed by atoms with E-state index in [0.29, 0.717) is 6.42 Å². The maximum Gasteiger partial charge on any atom is 0.332 e. The minimum atomic E-state index is -1.01. The molecule has 2 N–H and O–H groups in total. The summed E-state index contributed by atoms with van der Waals surface area (Å²) in [4.78, 5) is 11.8. The van der Waals surface area contributed by atoms with Gasteiger partial charge in [-0.25, -0.2) is 4.79 Å². The van der Waals surface area contributed by atoms with Gasteiger partial charge in [-0.3, -0.25) is 0 Å². The Balaban J connectivity index is 2.34. The van der Waals surface area contributed by atoms with Gasteiger partial charge >= 0.3 is 5.97 Å². The van der Waals surface area contributed by atoms with Crippen molar-refractivity contribution in [3.8, 4) is 0 Å². The molecule has 2 atom stereocenters. The highest BCUT2D eigenvalue weighted by atomic mass is 16.5. The molecule has 1 aromatic rings. The van der Waals surface area contributed by atoms with E-state index >= 15 is 0 Å². The minimum Gasteiger partial charge on any atom is -0.479 e. The highest BCUT2D eigenvalue weighted by molar-refractivity contribution is 5.84. The lowest BCUT2D eigenvalue weighted by Gasteiger charge is -2.41. The molecule has 0 aromatic heterocycles. The average Bonchev–Trinajstić information content (AvgIpc) is 2.41. The normalized spacial score (nSPS) is 26.9. The summed E-state index contributed by atoms with van der Waals surface area (Å²) in [5.41, 5.74) is 0.899. The van der Waals surface area contributed by atoms with Crippen molar-refractivity contribution in [2.75, 3.05) is 12.4 Å². The first-order valence-electron chi connectivity index (χ1n) is 6.70. The zero-order valence-corrected chi connectivity index (χ0v) is 11.5. The van der Waals surface area contributed by atoms with Gasteiger partial charge in [-0.15, -0.1) is 0 Å². The minimum absolute atomic E-state index is 0.293. The van der Waals surface area contributed by atoms with Crippen molar-refractivity contribution in [1.82, 2.24) is 0 Å². The molecule has 1 aliphatic carbocycles. The number of methoxy groups -OCH3 is 1. The number of carboxylic acid groups (broad SMARTS) is 1. The van der Waals surface area contributed by atoms with E-state index < -0.39 is 11.5 Å². The van der Waals surface area contributed by atoms with Crippen molar-refractivity contribution >= 4 is 11.7 Å². The van der Waals surface area contributed by atoms with Crippen LogP contribution in [0.3, 0.4) is 0 Å². The van der Waals surface area contributed by atoms with Crippen LogP contribution in [0.2, 0.25) is 0 Å². The molecule has 0 saturated heterocycles. The fourth-order valence-electron chi connectivity index (χ4n) is 2.85.